The lowest BCUT2D eigenvalue weighted by Gasteiger charge is -2.72. The Morgan fingerprint density at radius 3 is 1.25 bits per heavy atom. The molecule has 3 nitrogen and oxygen atoms in total. The fraction of sp³-hybridized carbons (Fsp3) is 1.00. The van der Waals surface area contributed by atoms with Gasteiger partial charge in [-0.05, 0) is 299 Å². The van der Waals surface area contributed by atoms with Crippen molar-refractivity contribution in [2.75, 3.05) is 6.54 Å². The van der Waals surface area contributed by atoms with Gasteiger partial charge in [0, 0.05) is 79.6 Å². The number of nitrogens with zero attached hydrogens (tertiary/aromatic N) is 3. The molecule has 0 aromatic carbocycles. The zero-order valence-corrected chi connectivity index (χ0v) is 65.1. The minimum atomic E-state index is -1.29. The van der Waals surface area contributed by atoms with Crippen LogP contribution in [0.2, 0.25) is 17.5 Å². The topological polar surface area (TPSA) is 9.72 Å². The van der Waals surface area contributed by atoms with Gasteiger partial charge in [-0.3, -0.25) is 14.7 Å². The van der Waals surface area contributed by atoms with Gasteiger partial charge in [0.05, 0.1) is 0 Å². The van der Waals surface area contributed by atoms with Crippen LogP contribution < -0.4 is 0 Å². The van der Waals surface area contributed by atoms with Crippen LogP contribution in [0.4, 0.5) is 0 Å². The van der Waals surface area contributed by atoms with Gasteiger partial charge in [-0.25, -0.2) is 0 Å². The van der Waals surface area contributed by atoms with E-state index in [1.54, 1.807) is 0 Å². The maximum Gasteiger partial charge on any atom is 0.156 e. The molecule has 568 valence electrons. The molecule has 0 bridgehead atoms. The lowest BCUT2D eigenvalue weighted by molar-refractivity contribution is -0.156. The first-order chi connectivity index (χ1) is 56.9. The van der Waals surface area contributed by atoms with Gasteiger partial charge in [0.2, 0.25) is 0 Å². The summed E-state index contributed by atoms with van der Waals surface area (Å²) in [5, 5.41) is 0. The molecule has 45 atom stereocenters. The SMILES string of the molecule is [2H]C1C([2H])C([2H])C(C2[C@@H]([2H])C3B4C5C([2H])[C@@H](C6C[C@H]7C[C@@H](C(C)(C)C)CC8CCC9CC(C(C)(C)C)CC6C9C87)C[C@@H]([2H])C5N(C5C(C6CCCCC6)CCCC5C5CCCCC5)C5CC(CN6C7C([2H])C([2H])C([2H])[C@@H]([2H])[C@H]7C7C([2H])[C@@H]([2H])C([2H])C([2H])[C@H]76)C[C@H](C45)N(C4[C@@H](C5CCCCC5)CCC[C@H]4C4CCCCC4)[C@H]3C([2H])[C@H]2[2H])C([2H])C1[2H]. The largest absolute Gasteiger partial charge is 0.297 e. The van der Waals surface area contributed by atoms with E-state index in [2.05, 4.69) is 56.2 Å². The highest BCUT2D eigenvalue weighted by Gasteiger charge is 2.70. The molecule has 101 heavy (non-hydrogen) atoms. The van der Waals surface area contributed by atoms with Gasteiger partial charge in [-0.1, -0.05) is 253 Å². The molecule has 19 fully saturated rings. The van der Waals surface area contributed by atoms with Gasteiger partial charge in [0.15, 0.2) is 6.71 Å². The van der Waals surface area contributed by atoms with Crippen LogP contribution in [0, 0.1) is 147 Å². The van der Waals surface area contributed by atoms with Crippen LogP contribution in [0.1, 0.15) is 413 Å². The molecule has 0 N–H and O–H groups in total. The Morgan fingerprint density at radius 1 is 0.297 bits per heavy atom. The summed E-state index contributed by atoms with van der Waals surface area (Å²) in [5.41, 5.74) is 0.310. The second-order valence-electron chi connectivity index (χ2n) is 42.8. The number of fused-ring (bicyclic) bond motifs is 7. The zero-order valence-electron chi connectivity index (χ0n) is 83.1. The van der Waals surface area contributed by atoms with Gasteiger partial charge >= 0.3 is 0 Å². The van der Waals surface area contributed by atoms with Crippen molar-refractivity contribution in [2.24, 2.45) is 147 Å². The Labute approximate surface area is 650 Å². The molecule has 3 saturated heterocycles. The third-order valence-electron chi connectivity index (χ3n) is 36.6. The number of hydrogen-bond donors (Lipinski definition) is 0. The highest BCUT2D eigenvalue weighted by Crippen LogP contribution is 2.71. The van der Waals surface area contributed by atoms with E-state index in [1.165, 1.54) is 173 Å². The molecule has 16 saturated carbocycles. The van der Waals surface area contributed by atoms with E-state index in [1.807, 2.05) is 0 Å². The van der Waals surface area contributed by atoms with E-state index >= 15 is 0 Å². The van der Waals surface area contributed by atoms with Gasteiger partial charge in [0.1, 0.15) is 0 Å². The lowest BCUT2D eigenvalue weighted by Crippen LogP contribution is -2.77. The maximum atomic E-state index is 12.6. The Hall–Kier alpha value is -0.0551. The lowest BCUT2D eigenvalue weighted by atomic mass is 9.17. The number of rotatable bonds is 10. The second-order valence-corrected chi connectivity index (χ2v) is 42.8. The van der Waals surface area contributed by atoms with Crippen molar-refractivity contribution >= 4 is 6.71 Å². The fourth-order valence-electron chi connectivity index (χ4n) is 32.5. The highest BCUT2D eigenvalue weighted by molar-refractivity contribution is 6.65. The average Bonchev–Trinajstić information content (AvgIpc) is 1.15. The molecule has 4 heteroatoms. The molecule has 3 aliphatic heterocycles. The van der Waals surface area contributed by atoms with Gasteiger partial charge in [-0.2, -0.15) is 0 Å². The van der Waals surface area contributed by atoms with Crippen molar-refractivity contribution < 1.29 is 24.7 Å². The van der Waals surface area contributed by atoms with E-state index in [0.29, 0.717) is 102 Å². The first-order valence-corrected chi connectivity index (χ1v) is 45.8. The predicted molar refractivity (Wildman–Crippen MR) is 426 cm³/mol. The van der Waals surface area contributed by atoms with Gasteiger partial charge in [-0.15, -0.1) is 0 Å². The molecular formula is C97H162BN3. The molecule has 31 unspecified atom stereocenters. The Bertz CT molecular complexity index is 3320. The van der Waals surface area contributed by atoms with Crippen LogP contribution in [0.25, 0.3) is 0 Å². The van der Waals surface area contributed by atoms with Crippen molar-refractivity contribution in [1.82, 2.24) is 14.7 Å². The van der Waals surface area contributed by atoms with E-state index in [4.69, 9.17) is 0 Å². The van der Waals surface area contributed by atoms with Crippen LogP contribution in [0.5, 0.6) is 0 Å². The minimum Gasteiger partial charge on any atom is -0.297 e. The molecule has 0 radical (unpaired) electrons. The Kier molecular flexibility index (Phi) is 15.9. The number of likely N-dealkylation sites (tertiary alicyclic amines) is 1. The summed E-state index contributed by atoms with van der Waals surface area (Å²) in [5.74, 6) is 4.18. The molecule has 0 aromatic rings. The summed E-state index contributed by atoms with van der Waals surface area (Å²) in [6, 6.07) is -2.46. The quantitative estimate of drug-likeness (QED) is 0.202. The molecule has 0 amide bonds. The van der Waals surface area contributed by atoms with Crippen LogP contribution in [0.3, 0.4) is 0 Å². The Morgan fingerprint density at radius 2 is 0.743 bits per heavy atom. The van der Waals surface area contributed by atoms with Crippen molar-refractivity contribution in [3.8, 4) is 0 Å². The van der Waals surface area contributed by atoms with Crippen LogP contribution in [-0.2, 0) is 0 Å². The van der Waals surface area contributed by atoms with E-state index in [-0.39, 0.29) is 77.1 Å². The Balaban J connectivity index is 0.854. The number of hydrogen-bond acceptors (Lipinski definition) is 3. The summed E-state index contributed by atoms with van der Waals surface area (Å²) >= 11 is 0. The van der Waals surface area contributed by atoms with Crippen LogP contribution in [0.15, 0.2) is 0 Å². The monoisotopic (exact) mass is 1400 g/mol. The van der Waals surface area contributed by atoms with Crippen molar-refractivity contribution in [3.63, 3.8) is 0 Å². The summed E-state index contributed by atoms with van der Waals surface area (Å²) in [6.07, 6.45) is 22.3. The predicted octanol–water partition coefficient (Wildman–Crippen LogP) is 26.0. The molecule has 19 rings (SSSR count). The first kappa shape index (κ1) is 53.8. The standard InChI is InChI=1S/C97H162BN3/c1-96(2,3)73-54-70-46-47-71-55-74(97(4,5)6)60-82-81(57-72(56-73)91(70)92(71)82)69-49-51-88-84(59-69)98-83-58-68(63-28-12-7-13-29-63)48-50-87(83)100(94-75(64-30-14-8-15-31-64)40-26-41-76(94)65-32-16-9-17-33-65)89-52-62(61-99-85-44-24-22-38-79(85)80-39-23-25-45-86(80)99)53-90(93(89)98)101(88)95-77(66-34-18-10-19-35-66)42-27-43-78(95)67-36-20-11-21-37-67/h62-95H,7-61H2,1-6H3/t62?,68?,69-,70?,71?,72+,73-,74?,75-,76+,77?,78?,79-,80?,81?,82?,83?,84?,85?,86+,87-,88?,89+,90?,91?,92?,93?,94?,95?/m0/s1/i7D,12D,13D,22D,23D,24D,25D,28D,29D,38D,39D,44D,45D,48D,50D,51D,58D,59D/t7?,12?,13?,22-,23?,24?,25?,28?,29?,38?,39+,44?,45?,48+,50?,51+,58+,59?,62?,63?,68?,69-,70?,71?,72+,73-,74?,75-,76+,77?,78?,79?,80-,81?,82?,83?,84?,85+,86?,87-,88?,89+,90?,91?,92?,93?,94?,95?. The van der Waals surface area contributed by atoms with Gasteiger partial charge < -0.3 is 0 Å². The minimum absolute atomic E-state index is 0.0489. The third-order valence-corrected chi connectivity index (χ3v) is 36.6. The summed E-state index contributed by atoms with van der Waals surface area (Å²) in [6.45, 7) is 15.2. The smallest absolute Gasteiger partial charge is 0.156 e. The molecule has 0 aromatic heterocycles. The molecule has 0 spiro atoms. The van der Waals surface area contributed by atoms with Crippen molar-refractivity contribution in [1.29, 1.82) is 0 Å². The second kappa shape index (κ2) is 29.9. The molecular weight excluding hydrogens is 1220 g/mol. The average molecular weight is 1400 g/mol. The van der Waals surface area contributed by atoms with Gasteiger partial charge in [0.25, 0.3) is 0 Å². The van der Waals surface area contributed by atoms with Crippen molar-refractivity contribution in [2.45, 2.75) is 454 Å². The molecule has 3 heterocycles. The van der Waals surface area contributed by atoms with E-state index in [0.717, 1.165) is 57.3 Å². The maximum absolute atomic E-state index is 12.6. The normalized spacial score (nSPS) is 65.4. The molecule has 19 aliphatic rings. The first-order valence-electron chi connectivity index (χ1n) is 56.2. The fourth-order valence-corrected chi connectivity index (χ4v) is 32.5. The van der Waals surface area contributed by atoms with Crippen LogP contribution in [-0.4, -0.2) is 76.3 Å². The summed E-state index contributed by atoms with van der Waals surface area (Å²) in [7, 11) is 0. The highest BCUT2D eigenvalue weighted by atomic mass is 15.3. The summed E-state index contributed by atoms with van der Waals surface area (Å²) in [4.78, 5) is 8.66. The molecule has 16 aliphatic carbocycles. The third kappa shape index (κ3) is 13.3. The zero-order chi connectivity index (χ0) is 83.5. The van der Waals surface area contributed by atoms with Crippen molar-refractivity contribution in [3.05, 3.63) is 0 Å². The van der Waals surface area contributed by atoms with Crippen LogP contribution >= 0.6 is 0 Å². The van der Waals surface area contributed by atoms with E-state index in [9.17, 15) is 24.7 Å². The summed E-state index contributed by atoms with van der Waals surface area (Å²) < 4.78 is 188. The van der Waals surface area contributed by atoms with E-state index < -0.39 is 163 Å².